The zero-order chi connectivity index (χ0) is 14.5. The summed E-state index contributed by atoms with van der Waals surface area (Å²) in [6, 6.07) is 0. The first-order chi connectivity index (χ1) is 9.66. The maximum absolute atomic E-state index is 11.4. The first-order valence-corrected chi connectivity index (χ1v) is 9.08. The van der Waals surface area contributed by atoms with E-state index >= 15 is 0 Å². The van der Waals surface area contributed by atoms with E-state index in [1.807, 2.05) is 0 Å². The van der Waals surface area contributed by atoms with E-state index in [9.17, 15) is 5.11 Å². The lowest BCUT2D eigenvalue weighted by molar-refractivity contribution is -0.124. The molecule has 2 nitrogen and oxygen atoms in total. The standard InChI is InChI=1S/C18H35NO/c1-2-8-16-9-13-18(20,14-10-16)17(15-19)11-6-4-3-5-7-12-17/h16,20H,2-15,19H2,1H3. The maximum Gasteiger partial charge on any atom is 0.0716 e. The van der Waals surface area contributed by atoms with Gasteiger partial charge >= 0.3 is 0 Å². The highest BCUT2D eigenvalue weighted by atomic mass is 16.3. The van der Waals surface area contributed by atoms with Crippen molar-refractivity contribution in [2.45, 2.75) is 96.0 Å². The Balaban J connectivity index is 2.04. The minimum absolute atomic E-state index is 0.0185. The van der Waals surface area contributed by atoms with Crippen molar-refractivity contribution in [1.29, 1.82) is 0 Å². The molecule has 0 aliphatic heterocycles. The average Bonchev–Trinajstić information content (AvgIpc) is 2.42. The summed E-state index contributed by atoms with van der Waals surface area (Å²) < 4.78 is 0. The summed E-state index contributed by atoms with van der Waals surface area (Å²) in [5, 5.41) is 11.4. The van der Waals surface area contributed by atoms with Crippen molar-refractivity contribution < 1.29 is 5.11 Å². The van der Waals surface area contributed by atoms with Crippen molar-refractivity contribution in [1.82, 2.24) is 0 Å². The lowest BCUT2D eigenvalue weighted by Crippen LogP contribution is -2.54. The van der Waals surface area contributed by atoms with E-state index in [0.29, 0.717) is 6.54 Å². The zero-order valence-corrected chi connectivity index (χ0v) is 13.5. The predicted molar refractivity (Wildman–Crippen MR) is 85.6 cm³/mol. The predicted octanol–water partition coefficient (Wildman–Crippen LogP) is 4.40. The van der Waals surface area contributed by atoms with Gasteiger partial charge in [-0.05, 0) is 44.4 Å². The highest BCUT2D eigenvalue weighted by Gasteiger charge is 2.49. The van der Waals surface area contributed by atoms with Crippen LogP contribution >= 0.6 is 0 Å². The van der Waals surface area contributed by atoms with Gasteiger partial charge in [-0.1, -0.05) is 51.9 Å². The molecule has 0 amide bonds. The van der Waals surface area contributed by atoms with E-state index in [-0.39, 0.29) is 5.41 Å². The summed E-state index contributed by atoms with van der Waals surface area (Å²) in [5.41, 5.74) is 5.76. The number of hydrogen-bond donors (Lipinski definition) is 2. The van der Waals surface area contributed by atoms with Crippen LogP contribution in [0.5, 0.6) is 0 Å². The Labute approximate surface area is 125 Å². The van der Waals surface area contributed by atoms with Gasteiger partial charge in [-0.2, -0.15) is 0 Å². The molecule has 0 bridgehead atoms. The third-order valence-corrected chi connectivity index (χ3v) is 6.32. The molecule has 0 aromatic rings. The van der Waals surface area contributed by atoms with E-state index in [1.54, 1.807) is 0 Å². The number of rotatable bonds is 4. The molecule has 2 heteroatoms. The zero-order valence-electron chi connectivity index (χ0n) is 13.5. The van der Waals surface area contributed by atoms with Crippen LogP contribution in [0.15, 0.2) is 0 Å². The van der Waals surface area contributed by atoms with Gasteiger partial charge < -0.3 is 10.8 Å². The topological polar surface area (TPSA) is 46.2 Å². The van der Waals surface area contributed by atoms with Crippen molar-refractivity contribution in [3.63, 3.8) is 0 Å². The molecular weight excluding hydrogens is 246 g/mol. The van der Waals surface area contributed by atoms with Gasteiger partial charge in [-0.3, -0.25) is 0 Å². The molecule has 2 aliphatic rings. The highest BCUT2D eigenvalue weighted by Crippen LogP contribution is 2.50. The molecule has 0 atom stereocenters. The third-order valence-electron chi connectivity index (χ3n) is 6.32. The Morgan fingerprint density at radius 3 is 2.00 bits per heavy atom. The quantitative estimate of drug-likeness (QED) is 0.802. The summed E-state index contributed by atoms with van der Waals surface area (Å²) in [7, 11) is 0. The van der Waals surface area contributed by atoms with E-state index in [1.165, 1.54) is 57.8 Å². The fourth-order valence-electron chi connectivity index (χ4n) is 4.82. The molecule has 0 aromatic heterocycles. The second kappa shape index (κ2) is 7.26. The largest absolute Gasteiger partial charge is 0.389 e. The van der Waals surface area contributed by atoms with Crippen LogP contribution in [0.25, 0.3) is 0 Å². The minimum atomic E-state index is -0.469. The van der Waals surface area contributed by atoms with E-state index in [0.717, 1.165) is 31.6 Å². The SMILES string of the molecule is CCCC1CCC(O)(C2(CN)CCCCCCC2)CC1. The van der Waals surface area contributed by atoms with Gasteiger partial charge in [0.15, 0.2) is 0 Å². The molecule has 118 valence electrons. The molecule has 0 aromatic carbocycles. The lowest BCUT2D eigenvalue weighted by atomic mass is 9.58. The fourth-order valence-corrected chi connectivity index (χ4v) is 4.82. The Hall–Kier alpha value is -0.0800. The average molecular weight is 281 g/mol. The van der Waals surface area contributed by atoms with Gasteiger partial charge in [0.1, 0.15) is 0 Å². The molecule has 0 radical (unpaired) electrons. The third kappa shape index (κ3) is 3.39. The van der Waals surface area contributed by atoms with Gasteiger partial charge in [-0.25, -0.2) is 0 Å². The van der Waals surface area contributed by atoms with Crippen molar-refractivity contribution in [2.24, 2.45) is 17.1 Å². The molecule has 2 rings (SSSR count). The van der Waals surface area contributed by atoms with Crippen LogP contribution in [0.4, 0.5) is 0 Å². The van der Waals surface area contributed by atoms with Gasteiger partial charge in [-0.15, -0.1) is 0 Å². The molecule has 0 spiro atoms. The fraction of sp³-hybridized carbons (Fsp3) is 1.00. The Morgan fingerprint density at radius 1 is 0.950 bits per heavy atom. The normalized spacial score (nSPS) is 35.2. The lowest BCUT2D eigenvalue weighted by Gasteiger charge is -2.51. The molecule has 2 aliphatic carbocycles. The van der Waals surface area contributed by atoms with Crippen LogP contribution in [-0.2, 0) is 0 Å². The van der Waals surface area contributed by atoms with E-state index in [4.69, 9.17) is 5.73 Å². The molecule has 0 saturated heterocycles. The van der Waals surface area contributed by atoms with Crippen molar-refractivity contribution in [3.05, 3.63) is 0 Å². The molecular formula is C18H35NO. The first kappa shape index (κ1) is 16.3. The van der Waals surface area contributed by atoms with Crippen LogP contribution in [0.2, 0.25) is 0 Å². The van der Waals surface area contributed by atoms with E-state index in [2.05, 4.69) is 6.92 Å². The van der Waals surface area contributed by atoms with Gasteiger partial charge in [0.25, 0.3) is 0 Å². The van der Waals surface area contributed by atoms with Crippen molar-refractivity contribution in [3.8, 4) is 0 Å². The molecule has 20 heavy (non-hydrogen) atoms. The van der Waals surface area contributed by atoms with Gasteiger partial charge in [0, 0.05) is 12.0 Å². The number of hydrogen-bond acceptors (Lipinski definition) is 2. The molecule has 0 unspecified atom stereocenters. The van der Waals surface area contributed by atoms with E-state index < -0.39 is 5.60 Å². The molecule has 2 saturated carbocycles. The second-order valence-electron chi connectivity index (χ2n) is 7.52. The van der Waals surface area contributed by atoms with Crippen molar-refractivity contribution in [2.75, 3.05) is 6.54 Å². The second-order valence-corrected chi connectivity index (χ2v) is 7.52. The minimum Gasteiger partial charge on any atom is -0.389 e. The Kier molecular flexibility index (Phi) is 5.92. The monoisotopic (exact) mass is 281 g/mol. The van der Waals surface area contributed by atoms with Crippen LogP contribution < -0.4 is 5.73 Å². The van der Waals surface area contributed by atoms with Crippen LogP contribution in [-0.4, -0.2) is 17.3 Å². The molecule has 0 heterocycles. The first-order valence-electron chi connectivity index (χ1n) is 9.08. The summed E-state index contributed by atoms with van der Waals surface area (Å²) in [4.78, 5) is 0. The molecule has 3 N–H and O–H groups in total. The summed E-state index contributed by atoms with van der Waals surface area (Å²) in [6.07, 6.45) is 15.9. The molecule has 2 fully saturated rings. The Morgan fingerprint density at radius 2 is 1.50 bits per heavy atom. The maximum atomic E-state index is 11.4. The van der Waals surface area contributed by atoms with Gasteiger partial charge in [0.2, 0.25) is 0 Å². The van der Waals surface area contributed by atoms with Crippen LogP contribution in [0, 0.1) is 11.3 Å². The van der Waals surface area contributed by atoms with Crippen LogP contribution in [0.1, 0.15) is 90.4 Å². The summed E-state index contributed by atoms with van der Waals surface area (Å²) in [6.45, 7) is 2.96. The van der Waals surface area contributed by atoms with Gasteiger partial charge in [0.05, 0.1) is 5.60 Å². The highest BCUT2D eigenvalue weighted by molar-refractivity contribution is 5.02. The smallest absolute Gasteiger partial charge is 0.0716 e. The number of nitrogens with two attached hydrogens (primary N) is 1. The summed E-state index contributed by atoms with van der Waals surface area (Å²) in [5.74, 6) is 0.851. The summed E-state index contributed by atoms with van der Waals surface area (Å²) >= 11 is 0. The Bertz CT molecular complexity index is 273. The van der Waals surface area contributed by atoms with Crippen molar-refractivity contribution >= 4 is 0 Å². The number of aliphatic hydroxyl groups is 1. The van der Waals surface area contributed by atoms with Crippen LogP contribution in [0.3, 0.4) is 0 Å².